The molecule has 3 aromatic rings. The Morgan fingerprint density at radius 3 is 2.80 bits per heavy atom. The first-order chi connectivity index (χ1) is 12.2. The van der Waals surface area contributed by atoms with Crippen LogP contribution in [0.25, 0.3) is 11.0 Å². The van der Waals surface area contributed by atoms with Crippen LogP contribution in [0.4, 0.5) is 5.95 Å². The third-order valence-corrected chi connectivity index (χ3v) is 4.64. The zero-order valence-electron chi connectivity index (χ0n) is 14.9. The monoisotopic (exact) mass is 339 g/mol. The summed E-state index contributed by atoms with van der Waals surface area (Å²) in [6, 6.07) is 12.3. The van der Waals surface area contributed by atoms with Gasteiger partial charge in [0.2, 0.25) is 5.95 Å². The van der Waals surface area contributed by atoms with Crippen molar-refractivity contribution < 1.29 is 4.42 Å². The minimum Gasteiger partial charge on any atom is -0.467 e. The Balaban J connectivity index is 1.61. The highest BCUT2D eigenvalue weighted by molar-refractivity contribution is 5.79. The summed E-state index contributed by atoms with van der Waals surface area (Å²) < 4.78 is 7.89. The topological polar surface area (TPSA) is 40.7 Å². The predicted molar refractivity (Wildman–Crippen MR) is 99.4 cm³/mol. The lowest BCUT2D eigenvalue weighted by molar-refractivity contribution is 0.187. The van der Waals surface area contributed by atoms with Crippen LogP contribution in [0.1, 0.15) is 12.2 Å². The van der Waals surface area contributed by atoms with Crippen LogP contribution in [-0.2, 0) is 13.2 Å². The average molecular weight is 339 g/mol. The highest BCUT2D eigenvalue weighted by Crippen LogP contribution is 2.28. The van der Waals surface area contributed by atoms with Crippen LogP contribution in [0, 0.1) is 0 Å². The van der Waals surface area contributed by atoms with Gasteiger partial charge in [-0.2, -0.15) is 0 Å². The van der Waals surface area contributed by atoms with Crippen LogP contribution in [-0.4, -0.2) is 53.2 Å². The van der Waals surface area contributed by atoms with E-state index in [0.29, 0.717) is 0 Å². The van der Waals surface area contributed by atoms with Crippen LogP contribution >= 0.6 is 0 Å². The number of furan rings is 1. The second-order valence-electron chi connectivity index (χ2n) is 6.94. The third kappa shape index (κ3) is 3.41. The molecule has 1 aromatic carbocycles. The van der Waals surface area contributed by atoms with Gasteiger partial charge in [0.1, 0.15) is 5.76 Å². The molecular formula is C19H25N5O. The Labute approximate surface area is 148 Å². The number of fused-ring (bicyclic) bond motifs is 3. The molecule has 0 unspecified atom stereocenters. The van der Waals surface area contributed by atoms with E-state index in [2.05, 4.69) is 51.6 Å². The van der Waals surface area contributed by atoms with Gasteiger partial charge in [-0.1, -0.05) is 12.1 Å². The molecule has 6 heteroatoms. The number of hydrogen-bond donors (Lipinski definition) is 0. The summed E-state index contributed by atoms with van der Waals surface area (Å²) in [7, 11) is 4.25. The van der Waals surface area contributed by atoms with Gasteiger partial charge < -0.3 is 14.2 Å². The molecule has 2 aromatic heterocycles. The Hall–Kier alpha value is -2.31. The van der Waals surface area contributed by atoms with Crippen molar-refractivity contribution in [2.45, 2.75) is 19.6 Å². The number of benzene rings is 1. The zero-order chi connectivity index (χ0) is 17.2. The van der Waals surface area contributed by atoms with E-state index in [1.54, 1.807) is 6.26 Å². The van der Waals surface area contributed by atoms with Crippen molar-refractivity contribution >= 4 is 17.0 Å². The van der Waals surface area contributed by atoms with Gasteiger partial charge in [-0.15, -0.1) is 0 Å². The molecule has 25 heavy (non-hydrogen) atoms. The Bertz CT molecular complexity index is 824. The predicted octanol–water partition coefficient (Wildman–Crippen LogP) is 2.82. The molecule has 1 aliphatic rings. The van der Waals surface area contributed by atoms with Crippen molar-refractivity contribution in [1.29, 1.82) is 0 Å². The molecule has 0 fully saturated rings. The van der Waals surface area contributed by atoms with Crippen LogP contribution < -0.4 is 4.90 Å². The first kappa shape index (κ1) is 16.2. The number of aromatic nitrogens is 2. The van der Waals surface area contributed by atoms with Gasteiger partial charge in [-0.3, -0.25) is 9.47 Å². The van der Waals surface area contributed by atoms with E-state index in [1.165, 1.54) is 5.52 Å². The molecule has 1 aliphatic heterocycles. The maximum absolute atomic E-state index is 5.57. The van der Waals surface area contributed by atoms with Crippen LogP contribution in [0.5, 0.6) is 0 Å². The van der Waals surface area contributed by atoms with Gasteiger partial charge in [-0.05, 0) is 51.3 Å². The largest absolute Gasteiger partial charge is 0.467 e. The van der Waals surface area contributed by atoms with E-state index in [0.717, 1.165) is 56.6 Å². The third-order valence-electron chi connectivity index (χ3n) is 4.64. The summed E-state index contributed by atoms with van der Waals surface area (Å²) in [5.74, 6) is 2.00. The number of nitrogens with zero attached hydrogens (tertiary/aromatic N) is 5. The summed E-state index contributed by atoms with van der Waals surface area (Å²) in [6.07, 6.45) is 2.89. The van der Waals surface area contributed by atoms with Crippen LogP contribution in [0.2, 0.25) is 0 Å². The fourth-order valence-electron chi connectivity index (χ4n) is 3.46. The molecule has 132 valence electrons. The molecule has 0 aliphatic carbocycles. The van der Waals surface area contributed by atoms with Crippen molar-refractivity contribution in [3.8, 4) is 0 Å². The second kappa shape index (κ2) is 6.90. The molecule has 0 N–H and O–H groups in total. The summed E-state index contributed by atoms with van der Waals surface area (Å²) in [4.78, 5) is 11.9. The molecule has 0 saturated heterocycles. The minimum absolute atomic E-state index is 0.737. The van der Waals surface area contributed by atoms with Gasteiger partial charge in [0.05, 0.1) is 37.2 Å². The van der Waals surface area contributed by atoms with Crippen LogP contribution in [0.3, 0.4) is 0 Å². The Morgan fingerprint density at radius 1 is 1.12 bits per heavy atom. The SMILES string of the molecule is CN(C)CCCN1CN(Cc2ccco2)c2nc3ccccc3n2C1. The van der Waals surface area contributed by atoms with Gasteiger partial charge in [0.15, 0.2) is 0 Å². The van der Waals surface area contributed by atoms with E-state index >= 15 is 0 Å². The average Bonchev–Trinajstić information content (AvgIpc) is 3.22. The van der Waals surface area contributed by atoms with Crippen molar-refractivity contribution in [1.82, 2.24) is 19.4 Å². The number of anilines is 1. The fourth-order valence-corrected chi connectivity index (χ4v) is 3.46. The minimum atomic E-state index is 0.737. The van der Waals surface area contributed by atoms with E-state index in [1.807, 2.05) is 18.2 Å². The van der Waals surface area contributed by atoms with Gasteiger partial charge in [-0.25, -0.2) is 4.98 Å². The van der Waals surface area contributed by atoms with E-state index in [9.17, 15) is 0 Å². The highest BCUT2D eigenvalue weighted by Gasteiger charge is 2.26. The van der Waals surface area contributed by atoms with Crippen molar-refractivity contribution in [3.05, 3.63) is 48.4 Å². The quantitative estimate of drug-likeness (QED) is 0.691. The van der Waals surface area contributed by atoms with Crippen molar-refractivity contribution in [2.75, 3.05) is 38.8 Å². The first-order valence-electron chi connectivity index (χ1n) is 8.80. The van der Waals surface area contributed by atoms with Crippen LogP contribution in [0.15, 0.2) is 47.1 Å². The molecule has 0 saturated carbocycles. The molecule has 0 atom stereocenters. The maximum Gasteiger partial charge on any atom is 0.209 e. The van der Waals surface area contributed by atoms with E-state index in [4.69, 9.17) is 9.40 Å². The molecule has 0 radical (unpaired) electrons. The molecule has 0 amide bonds. The molecule has 6 nitrogen and oxygen atoms in total. The zero-order valence-corrected chi connectivity index (χ0v) is 14.9. The normalized spacial score (nSPS) is 15.2. The standard InChI is InChI=1S/C19H25N5O/c1-21(2)10-6-11-22-14-23(13-16-7-5-12-25-16)19-20-17-8-3-4-9-18(17)24(19)15-22/h3-5,7-9,12H,6,10-11,13-15H2,1-2H3. The van der Waals surface area contributed by atoms with E-state index in [-0.39, 0.29) is 0 Å². The fraction of sp³-hybridized carbons (Fsp3) is 0.421. The van der Waals surface area contributed by atoms with Gasteiger partial charge >= 0.3 is 0 Å². The summed E-state index contributed by atoms with van der Waals surface area (Å²) in [6.45, 7) is 4.67. The molecule has 4 rings (SSSR count). The summed E-state index contributed by atoms with van der Waals surface area (Å²) >= 11 is 0. The van der Waals surface area contributed by atoms with Crippen molar-refractivity contribution in [2.24, 2.45) is 0 Å². The summed E-state index contributed by atoms with van der Waals surface area (Å²) in [5, 5.41) is 0. The first-order valence-corrected chi connectivity index (χ1v) is 8.80. The smallest absolute Gasteiger partial charge is 0.209 e. The Morgan fingerprint density at radius 2 is 2.00 bits per heavy atom. The van der Waals surface area contributed by atoms with Gasteiger partial charge in [0.25, 0.3) is 0 Å². The lowest BCUT2D eigenvalue weighted by atomic mass is 10.3. The van der Waals surface area contributed by atoms with E-state index < -0.39 is 0 Å². The number of para-hydroxylation sites is 2. The second-order valence-corrected chi connectivity index (χ2v) is 6.94. The molecule has 0 bridgehead atoms. The Kier molecular flexibility index (Phi) is 4.46. The maximum atomic E-state index is 5.57. The molecule has 3 heterocycles. The lowest BCUT2D eigenvalue weighted by Crippen LogP contribution is -2.45. The number of imidazole rings is 1. The van der Waals surface area contributed by atoms with Gasteiger partial charge in [0, 0.05) is 6.54 Å². The molecule has 0 spiro atoms. The number of hydrogen-bond acceptors (Lipinski definition) is 5. The number of rotatable bonds is 6. The molecular weight excluding hydrogens is 314 g/mol. The summed E-state index contributed by atoms with van der Waals surface area (Å²) in [5.41, 5.74) is 2.25. The lowest BCUT2D eigenvalue weighted by Gasteiger charge is -2.37. The highest BCUT2D eigenvalue weighted by atomic mass is 16.3. The van der Waals surface area contributed by atoms with Crippen molar-refractivity contribution in [3.63, 3.8) is 0 Å².